The van der Waals surface area contributed by atoms with Crippen LogP contribution in [0.1, 0.15) is 41.5 Å². The summed E-state index contributed by atoms with van der Waals surface area (Å²) in [5.74, 6) is -0.830. The second-order valence-electron chi connectivity index (χ2n) is 9.10. The molecule has 5 atom stereocenters. The van der Waals surface area contributed by atoms with Gasteiger partial charge >= 0.3 is 19.8 Å². The van der Waals surface area contributed by atoms with Crippen molar-refractivity contribution in [2.24, 2.45) is 17.3 Å². The molecule has 2 amide bonds. The molecule has 0 saturated carbocycles. The lowest BCUT2D eigenvalue weighted by atomic mass is 9.84. The largest absolute Gasteiger partial charge is 0.477 e. The molecule has 0 radical (unpaired) electrons. The fraction of sp³-hybridized carbons (Fsp3) is 0.714. The molecule has 0 spiro atoms. The Bertz CT molecular complexity index is 830. The van der Waals surface area contributed by atoms with Crippen LogP contribution in [0.3, 0.4) is 0 Å². The Morgan fingerprint density at radius 3 is 2.55 bits per heavy atom. The molecule has 1 N–H and O–H groups in total. The van der Waals surface area contributed by atoms with Gasteiger partial charge in [0, 0.05) is 17.8 Å². The van der Waals surface area contributed by atoms with Gasteiger partial charge in [-0.2, -0.15) is 0 Å². The molecule has 0 aromatic carbocycles. The van der Waals surface area contributed by atoms with Gasteiger partial charge in [0.05, 0.1) is 24.5 Å². The van der Waals surface area contributed by atoms with Gasteiger partial charge in [0.2, 0.25) is 6.79 Å². The van der Waals surface area contributed by atoms with Gasteiger partial charge in [-0.05, 0) is 39.7 Å². The number of carbonyl (C=O) groups is 2. The van der Waals surface area contributed by atoms with E-state index in [0.29, 0.717) is 5.70 Å². The second-order valence-corrected chi connectivity index (χ2v) is 11.0. The quantitative estimate of drug-likeness (QED) is 0.200. The van der Waals surface area contributed by atoms with Gasteiger partial charge < -0.3 is 14.8 Å². The molecule has 1 unspecified atom stereocenters. The fourth-order valence-corrected chi connectivity index (χ4v) is 4.83. The average molecular weight is 509 g/mol. The number of nitrogens with one attached hydrogen (secondary N) is 1. The van der Waals surface area contributed by atoms with E-state index >= 15 is 0 Å². The van der Waals surface area contributed by atoms with Crippen LogP contribution in [-0.2, 0) is 32.4 Å². The summed E-state index contributed by atoms with van der Waals surface area (Å²) in [6.45, 7) is 13.4. The molecule has 1 fully saturated rings. The third-order valence-corrected chi connectivity index (χ3v) is 7.52. The van der Waals surface area contributed by atoms with Crippen LogP contribution in [0, 0.1) is 17.3 Å². The second kappa shape index (κ2) is 10.9. The zero-order valence-electron chi connectivity index (χ0n) is 20.0. The van der Waals surface area contributed by atoms with Gasteiger partial charge in [-0.25, -0.2) is 13.9 Å². The number of phosphoric ester groups is 1. The zero-order valence-corrected chi connectivity index (χ0v) is 21.6. The van der Waals surface area contributed by atoms with E-state index in [4.69, 9.17) is 34.6 Å². The van der Waals surface area contributed by atoms with Crippen molar-refractivity contribution in [3.05, 3.63) is 24.6 Å². The Balaban J connectivity index is 2.10. The van der Waals surface area contributed by atoms with Crippen LogP contribution in [0.2, 0.25) is 0 Å². The van der Waals surface area contributed by atoms with Crippen LogP contribution < -0.4 is 5.32 Å². The molecule has 1 saturated heterocycles. The number of ether oxygens (including phenoxy) is 2. The molecule has 0 bridgehead atoms. The third kappa shape index (κ3) is 6.59. The number of alkyl halides is 1. The standard InChI is InChI=1S/C21H34ClN2O8P/c1-8-29-33(27,31-13-28-18(25)20(5,6)7)30-12-21(11-22)16(4)15(3)17(32-21)24-10-9-14(2)23-19(24)26/h9-10,15-17H,2,8,11-13H2,1,3-7H3,(H,23,26)/t15-,16+,17-,21-,33?/m1/s1. The number of halogens is 1. The Labute approximate surface area is 200 Å². The molecule has 12 heteroatoms. The highest BCUT2D eigenvalue weighted by molar-refractivity contribution is 7.48. The molecule has 0 aliphatic carbocycles. The molecule has 2 rings (SSSR count). The predicted molar refractivity (Wildman–Crippen MR) is 122 cm³/mol. The Morgan fingerprint density at radius 1 is 1.33 bits per heavy atom. The van der Waals surface area contributed by atoms with Crippen LogP contribution >= 0.6 is 19.4 Å². The highest BCUT2D eigenvalue weighted by Crippen LogP contribution is 2.52. The first-order valence-electron chi connectivity index (χ1n) is 10.7. The maximum Gasteiger partial charge on any atom is 0.477 e. The summed E-state index contributed by atoms with van der Waals surface area (Å²) in [6, 6.07) is -0.373. The van der Waals surface area contributed by atoms with E-state index in [9.17, 15) is 14.2 Å². The first-order valence-corrected chi connectivity index (χ1v) is 12.7. The van der Waals surface area contributed by atoms with Crippen LogP contribution in [0.15, 0.2) is 24.6 Å². The van der Waals surface area contributed by atoms with Crippen LogP contribution in [0.25, 0.3) is 0 Å². The third-order valence-electron chi connectivity index (χ3n) is 5.63. The van der Waals surface area contributed by atoms with E-state index in [-0.39, 0.29) is 37.0 Å². The molecule has 0 aromatic rings. The van der Waals surface area contributed by atoms with E-state index in [1.54, 1.807) is 40.0 Å². The molecule has 2 aliphatic rings. The van der Waals surface area contributed by atoms with E-state index in [2.05, 4.69) is 11.9 Å². The van der Waals surface area contributed by atoms with Gasteiger partial charge in [0.15, 0.2) is 0 Å². The zero-order chi connectivity index (χ0) is 25.0. The summed E-state index contributed by atoms with van der Waals surface area (Å²) in [5, 5.41) is 2.64. The number of hydrogen-bond donors (Lipinski definition) is 1. The van der Waals surface area contributed by atoms with E-state index < -0.39 is 37.8 Å². The van der Waals surface area contributed by atoms with Gasteiger partial charge in [0.1, 0.15) is 11.8 Å². The minimum Gasteiger partial charge on any atom is -0.437 e. The Kier molecular flexibility index (Phi) is 9.18. The van der Waals surface area contributed by atoms with Crippen molar-refractivity contribution in [2.45, 2.75) is 53.4 Å². The first kappa shape index (κ1) is 27.8. The highest BCUT2D eigenvalue weighted by Gasteiger charge is 2.54. The number of hydrogen-bond acceptors (Lipinski definition) is 8. The number of nitrogens with zero attached hydrogens (tertiary/aromatic N) is 1. The minimum atomic E-state index is -4.09. The summed E-state index contributed by atoms with van der Waals surface area (Å²) in [4.78, 5) is 25.8. The predicted octanol–water partition coefficient (Wildman–Crippen LogP) is 4.37. The summed E-state index contributed by atoms with van der Waals surface area (Å²) < 4.78 is 40.3. The van der Waals surface area contributed by atoms with Crippen molar-refractivity contribution in [3.63, 3.8) is 0 Å². The molecular weight excluding hydrogens is 475 g/mol. The van der Waals surface area contributed by atoms with E-state index in [0.717, 1.165) is 0 Å². The number of urea groups is 1. The monoisotopic (exact) mass is 508 g/mol. The van der Waals surface area contributed by atoms with Crippen molar-refractivity contribution < 1.29 is 37.2 Å². The number of phosphoric acid groups is 1. The average Bonchev–Trinajstić information content (AvgIpc) is 2.97. The lowest BCUT2D eigenvalue weighted by Gasteiger charge is -2.33. The molecule has 10 nitrogen and oxygen atoms in total. The lowest BCUT2D eigenvalue weighted by Crippen LogP contribution is -2.48. The van der Waals surface area contributed by atoms with Crippen molar-refractivity contribution >= 4 is 31.4 Å². The number of carbonyl (C=O) groups excluding carboxylic acids is 2. The number of amides is 2. The maximum atomic E-state index is 13.1. The summed E-state index contributed by atoms with van der Waals surface area (Å²) in [6.07, 6.45) is 2.62. The van der Waals surface area contributed by atoms with Crippen molar-refractivity contribution in [2.75, 3.05) is 25.9 Å². The van der Waals surface area contributed by atoms with Gasteiger partial charge in [-0.1, -0.05) is 20.4 Å². The van der Waals surface area contributed by atoms with E-state index in [1.807, 2.05) is 13.8 Å². The fourth-order valence-electron chi connectivity index (χ4n) is 3.35. The molecular formula is C21H34ClN2O8P. The topological polar surface area (TPSA) is 113 Å². The number of allylic oxidation sites excluding steroid dienone is 1. The van der Waals surface area contributed by atoms with Gasteiger partial charge in [-0.3, -0.25) is 18.7 Å². The van der Waals surface area contributed by atoms with Crippen LogP contribution in [-0.4, -0.2) is 54.6 Å². The normalized spacial score (nSPS) is 29.7. The molecule has 2 aliphatic heterocycles. The Hall–Kier alpha value is -1.42. The Morgan fingerprint density at radius 2 is 2.00 bits per heavy atom. The van der Waals surface area contributed by atoms with Crippen molar-refractivity contribution in [3.8, 4) is 0 Å². The minimum absolute atomic E-state index is 0.00598. The van der Waals surface area contributed by atoms with Gasteiger partial charge in [0.25, 0.3) is 0 Å². The van der Waals surface area contributed by atoms with Gasteiger partial charge in [-0.15, -0.1) is 11.6 Å². The molecule has 33 heavy (non-hydrogen) atoms. The van der Waals surface area contributed by atoms with Crippen LogP contribution in [0.5, 0.6) is 0 Å². The first-order chi connectivity index (χ1) is 15.3. The molecule has 188 valence electrons. The van der Waals surface area contributed by atoms with E-state index in [1.165, 1.54) is 4.90 Å². The smallest absolute Gasteiger partial charge is 0.437 e. The van der Waals surface area contributed by atoms with Crippen molar-refractivity contribution in [1.29, 1.82) is 0 Å². The molecule has 0 aromatic heterocycles. The number of esters is 1. The van der Waals surface area contributed by atoms with Crippen molar-refractivity contribution in [1.82, 2.24) is 10.2 Å². The summed E-state index contributed by atoms with van der Waals surface area (Å²) >= 11 is 6.29. The molecule has 2 heterocycles. The number of rotatable bonds is 10. The SMILES string of the molecule is C=C1C=CN([C@@H]2O[C@](CCl)(COP(=O)(OCC)OCOC(=O)C(C)(C)C)[C@@H](C)[C@H]2C)C(=O)N1. The lowest BCUT2D eigenvalue weighted by molar-refractivity contribution is -0.161. The van der Waals surface area contributed by atoms with Crippen LogP contribution in [0.4, 0.5) is 4.79 Å². The highest BCUT2D eigenvalue weighted by atomic mass is 35.5. The summed E-state index contributed by atoms with van der Waals surface area (Å²) in [5.41, 5.74) is -1.35. The summed E-state index contributed by atoms with van der Waals surface area (Å²) in [7, 11) is -4.09. The maximum absolute atomic E-state index is 13.1.